The van der Waals surface area contributed by atoms with Gasteiger partial charge in [0.2, 0.25) is 11.9 Å². The number of amides is 1. The lowest BCUT2D eigenvalue weighted by Crippen LogP contribution is -2.37. The zero-order valence-corrected chi connectivity index (χ0v) is 17.1. The highest BCUT2D eigenvalue weighted by atomic mass is 35.5. The van der Waals surface area contributed by atoms with Crippen LogP contribution in [0, 0.1) is 12.7 Å². The van der Waals surface area contributed by atoms with Crippen molar-refractivity contribution in [3.05, 3.63) is 40.8 Å². The predicted octanol–water partition coefficient (Wildman–Crippen LogP) is 2.52. The van der Waals surface area contributed by atoms with Crippen LogP contribution in [0.5, 0.6) is 0 Å². The zero-order chi connectivity index (χ0) is 21.3. The molecule has 0 aliphatic carbocycles. The van der Waals surface area contributed by atoms with Crippen molar-refractivity contribution in [1.82, 2.24) is 9.97 Å². The van der Waals surface area contributed by atoms with Gasteiger partial charge < -0.3 is 15.0 Å². The minimum Gasteiger partial charge on any atom is -0.378 e. The van der Waals surface area contributed by atoms with E-state index >= 15 is 0 Å². The second-order valence-electron chi connectivity index (χ2n) is 6.32. The number of nitrogens with one attached hydrogen (secondary N) is 2. The first-order valence-corrected chi connectivity index (χ1v) is 9.60. The van der Waals surface area contributed by atoms with Crippen LogP contribution < -0.4 is 15.6 Å². The Labute approximate surface area is 178 Å². The van der Waals surface area contributed by atoms with Crippen molar-refractivity contribution in [2.24, 2.45) is 10.1 Å². The van der Waals surface area contributed by atoms with Crippen LogP contribution in [0.25, 0.3) is 0 Å². The van der Waals surface area contributed by atoms with Gasteiger partial charge in [-0.3, -0.25) is 9.79 Å². The summed E-state index contributed by atoms with van der Waals surface area (Å²) in [5.74, 6) is -0.464. The van der Waals surface area contributed by atoms with Gasteiger partial charge in [-0.2, -0.15) is 10.1 Å². The minimum absolute atomic E-state index is 0.0924. The van der Waals surface area contributed by atoms with E-state index in [1.807, 2.05) is 19.1 Å². The number of hydrogen-bond acceptors (Lipinski definition) is 8. The molecule has 9 nitrogen and oxygen atoms in total. The maximum atomic E-state index is 14.0. The van der Waals surface area contributed by atoms with E-state index in [1.54, 1.807) is 11.0 Å². The van der Waals surface area contributed by atoms with Gasteiger partial charge in [0, 0.05) is 19.3 Å². The summed E-state index contributed by atoms with van der Waals surface area (Å²) in [6.07, 6.45) is 3.79. The van der Waals surface area contributed by atoms with Crippen LogP contribution in [0.15, 0.2) is 34.5 Å². The Bertz CT molecular complexity index is 928. The molecule has 1 saturated heterocycles. The molecule has 0 saturated carbocycles. The van der Waals surface area contributed by atoms with Crippen LogP contribution >= 0.6 is 11.6 Å². The van der Waals surface area contributed by atoms with Gasteiger partial charge in [-0.05, 0) is 18.6 Å². The van der Waals surface area contributed by atoms with E-state index in [0.717, 1.165) is 11.8 Å². The van der Waals surface area contributed by atoms with Crippen LogP contribution in [-0.4, -0.2) is 61.2 Å². The Hall–Kier alpha value is -3.11. The third-order valence-corrected chi connectivity index (χ3v) is 4.48. The summed E-state index contributed by atoms with van der Waals surface area (Å²) in [5, 5.41) is 7.09. The molecule has 0 atom stereocenters. The number of aryl methyl sites for hydroxylation is 1. The summed E-state index contributed by atoms with van der Waals surface area (Å²) >= 11 is 6.08. The number of anilines is 3. The first-order chi connectivity index (χ1) is 14.5. The molecule has 1 aromatic heterocycles. The summed E-state index contributed by atoms with van der Waals surface area (Å²) < 4.78 is 19.2. The van der Waals surface area contributed by atoms with E-state index < -0.39 is 5.82 Å². The third kappa shape index (κ3) is 5.94. The van der Waals surface area contributed by atoms with Crippen molar-refractivity contribution in [1.29, 1.82) is 0 Å². The van der Waals surface area contributed by atoms with Crippen molar-refractivity contribution in [3.63, 3.8) is 0 Å². The number of rotatable bonds is 7. The fourth-order valence-corrected chi connectivity index (χ4v) is 2.96. The number of hydrogen-bond donors (Lipinski definition) is 2. The number of ether oxygens (including phenoxy) is 1. The smallest absolute Gasteiger partial charge is 0.246 e. The normalized spacial score (nSPS) is 14.4. The highest BCUT2D eigenvalue weighted by Gasteiger charge is 2.17. The van der Waals surface area contributed by atoms with Crippen molar-refractivity contribution >= 4 is 47.4 Å². The van der Waals surface area contributed by atoms with Crippen LogP contribution in [0.2, 0.25) is 5.02 Å². The molecule has 1 aliphatic rings. The Kier molecular flexibility index (Phi) is 7.63. The van der Waals surface area contributed by atoms with Gasteiger partial charge in [0.05, 0.1) is 36.3 Å². The van der Waals surface area contributed by atoms with Crippen molar-refractivity contribution in [2.75, 3.05) is 48.5 Å². The van der Waals surface area contributed by atoms with E-state index in [2.05, 4.69) is 30.8 Å². The summed E-state index contributed by atoms with van der Waals surface area (Å²) in [7, 11) is 0. The molecule has 2 N–H and O–H groups in total. The first kappa shape index (κ1) is 21.6. The fourth-order valence-electron chi connectivity index (χ4n) is 2.69. The molecular weight excluding hydrogens is 413 g/mol. The molecule has 11 heteroatoms. The number of halogens is 2. The molecule has 30 heavy (non-hydrogen) atoms. The molecule has 2 aromatic rings. The highest BCUT2D eigenvalue weighted by molar-refractivity contribution is 6.34. The van der Waals surface area contributed by atoms with Crippen LogP contribution in [0.4, 0.5) is 21.8 Å². The highest BCUT2D eigenvalue weighted by Crippen LogP contribution is 2.25. The largest absolute Gasteiger partial charge is 0.378 e. The van der Waals surface area contributed by atoms with E-state index in [9.17, 15) is 9.18 Å². The monoisotopic (exact) mass is 433 g/mol. The standard InChI is InChI=1S/C19H21ClFN7O2/c1-13-3-2-4-14(20)17(13)25-16(29)12-22-5-6-24-27-19-23-11-15(21)18(26-19)28-7-9-30-10-8-28/h2-6,11H,7-10,12H2,1H3,(H,25,29)(H,23,26,27)/b22-5?,24-6+. The quantitative estimate of drug-likeness (QED) is 0.513. The van der Waals surface area contributed by atoms with E-state index in [4.69, 9.17) is 16.3 Å². The molecule has 0 spiro atoms. The van der Waals surface area contributed by atoms with E-state index in [0.29, 0.717) is 37.0 Å². The van der Waals surface area contributed by atoms with Crippen LogP contribution in [0.1, 0.15) is 5.56 Å². The third-order valence-electron chi connectivity index (χ3n) is 4.17. The number of carbonyl (C=O) groups is 1. The van der Waals surface area contributed by atoms with Crippen LogP contribution in [0.3, 0.4) is 0 Å². The van der Waals surface area contributed by atoms with Gasteiger partial charge in [-0.25, -0.2) is 14.8 Å². The van der Waals surface area contributed by atoms with Crippen molar-refractivity contribution in [3.8, 4) is 0 Å². The van der Waals surface area contributed by atoms with E-state index in [1.165, 1.54) is 12.4 Å². The van der Waals surface area contributed by atoms with E-state index in [-0.39, 0.29) is 24.2 Å². The number of aromatic nitrogens is 2. The molecule has 1 aliphatic heterocycles. The zero-order valence-electron chi connectivity index (χ0n) is 16.3. The topological polar surface area (TPSA) is 104 Å². The molecule has 0 bridgehead atoms. The van der Waals surface area contributed by atoms with Gasteiger partial charge in [0.25, 0.3) is 0 Å². The van der Waals surface area contributed by atoms with Crippen molar-refractivity contribution in [2.45, 2.75) is 6.92 Å². The Balaban J connectivity index is 1.49. The number of carbonyl (C=O) groups excluding carboxylic acids is 1. The Morgan fingerprint density at radius 2 is 2.17 bits per heavy atom. The molecule has 158 valence electrons. The minimum atomic E-state index is -0.507. The number of hydrazone groups is 1. The fraction of sp³-hybridized carbons (Fsp3) is 0.316. The summed E-state index contributed by atoms with van der Waals surface area (Å²) in [6.45, 7) is 3.91. The lowest BCUT2D eigenvalue weighted by molar-refractivity contribution is -0.114. The molecule has 2 heterocycles. The Morgan fingerprint density at radius 3 is 2.93 bits per heavy atom. The molecule has 0 unspecified atom stereocenters. The van der Waals surface area contributed by atoms with Gasteiger partial charge in [-0.15, -0.1) is 0 Å². The van der Waals surface area contributed by atoms with Gasteiger partial charge in [0.15, 0.2) is 11.6 Å². The van der Waals surface area contributed by atoms with Gasteiger partial charge in [-0.1, -0.05) is 23.7 Å². The lowest BCUT2D eigenvalue weighted by atomic mass is 10.2. The van der Waals surface area contributed by atoms with Gasteiger partial charge >= 0.3 is 0 Å². The Morgan fingerprint density at radius 1 is 1.37 bits per heavy atom. The number of benzene rings is 1. The molecular formula is C19H21ClFN7O2. The maximum Gasteiger partial charge on any atom is 0.246 e. The summed E-state index contributed by atoms with van der Waals surface area (Å²) in [4.78, 5) is 25.7. The number of para-hydroxylation sites is 1. The molecule has 3 rings (SSSR count). The molecule has 1 aromatic carbocycles. The molecule has 1 amide bonds. The molecule has 0 radical (unpaired) electrons. The molecule has 1 fully saturated rings. The SMILES string of the molecule is Cc1cccc(Cl)c1NC(=O)CN=C/C=N/Nc1ncc(F)c(N2CCOCC2)n1. The van der Waals surface area contributed by atoms with Crippen molar-refractivity contribution < 1.29 is 13.9 Å². The first-order valence-electron chi connectivity index (χ1n) is 9.22. The number of nitrogens with zero attached hydrogens (tertiary/aromatic N) is 5. The second-order valence-corrected chi connectivity index (χ2v) is 6.73. The van der Waals surface area contributed by atoms with Gasteiger partial charge in [0.1, 0.15) is 6.54 Å². The summed E-state index contributed by atoms with van der Waals surface area (Å²) in [6, 6.07) is 5.36. The maximum absolute atomic E-state index is 14.0. The second kappa shape index (κ2) is 10.6. The van der Waals surface area contributed by atoms with Crippen LogP contribution in [-0.2, 0) is 9.53 Å². The number of morpholine rings is 1. The lowest BCUT2D eigenvalue weighted by Gasteiger charge is -2.27. The summed E-state index contributed by atoms with van der Waals surface area (Å²) in [5.41, 5.74) is 4.04. The predicted molar refractivity (Wildman–Crippen MR) is 115 cm³/mol. The number of aliphatic imine (C=N–C) groups is 1. The average molecular weight is 434 g/mol. The average Bonchev–Trinajstić information content (AvgIpc) is 2.75.